The molecule has 2 aromatic heterocycles. The number of thiophene rings is 1. The van der Waals surface area contributed by atoms with E-state index >= 15 is 0 Å². The van der Waals surface area contributed by atoms with E-state index in [1.165, 1.54) is 11.3 Å². The van der Waals surface area contributed by atoms with Crippen molar-refractivity contribution in [2.45, 2.75) is 18.4 Å². The minimum absolute atomic E-state index is 0.316. The smallest absolute Gasteiger partial charge is 0.241 e. The van der Waals surface area contributed by atoms with E-state index in [0.29, 0.717) is 18.0 Å². The normalized spacial score (nSPS) is 11.9. The van der Waals surface area contributed by atoms with Crippen molar-refractivity contribution in [2.24, 2.45) is 0 Å². The van der Waals surface area contributed by atoms with Gasteiger partial charge in [0.1, 0.15) is 0 Å². The van der Waals surface area contributed by atoms with Gasteiger partial charge in [0, 0.05) is 23.8 Å². The minimum Gasteiger partial charge on any atom is -0.271 e. The van der Waals surface area contributed by atoms with Gasteiger partial charge in [0.25, 0.3) is 0 Å². The summed E-state index contributed by atoms with van der Waals surface area (Å²) in [6, 6.07) is 3.42. The Hall–Kier alpha value is -0.700. The molecule has 0 fully saturated rings. The Bertz CT molecular complexity index is 620. The fraction of sp³-hybridized carbons (Fsp3) is 0.300. The summed E-state index contributed by atoms with van der Waals surface area (Å²) >= 11 is 4.69. The zero-order chi connectivity index (χ0) is 13.2. The number of halogens is 1. The fourth-order valence-corrected chi connectivity index (χ4v) is 4.94. The highest BCUT2D eigenvalue weighted by atomic mass is 79.9. The average Bonchev–Trinajstić information content (AvgIpc) is 2.88. The van der Waals surface area contributed by atoms with E-state index in [1.807, 2.05) is 0 Å². The van der Waals surface area contributed by atoms with Gasteiger partial charge in [-0.05, 0) is 35.0 Å². The number of nitrogens with one attached hydrogen (secondary N) is 1. The highest BCUT2D eigenvalue weighted by Crippen LogP contribution is 2.29. The summed E-state index contributed by atoms with van der Waals surface area (Å²) in [4.78, 5) is 1.10. The summed E-state index contributed by atoms with van der Waals surface area (Å²) in [6.07, 6.45) is 3.45. The van der Waals surface area contributed by atoms with E-state index in [2.05, 4.69) is 25.8 Å². The predicted octanol–water partition coefficient (Wildman–Crippen LogP) is 1.99. The summed E-state index contributed by atoms with van der Waals surface area (Å²) in [6.45, 7) is 2.62. The van der Waals surface area contributed by atoms with E-state index in [1.54, 1.807) is 36.1 Å². The maximum Gasteiger partial charge on any atom is 0.241 e. The minimum atomic E-state index is -3.43. The van der Waals surface area contributed by atoms with Crippen LogP contribution in [0.2, 0.25) is 0 Å². The van der Waals surface area contributed by atoms with Gasteiger partial charge < -0.3 is 0 Å². The molecule has 0 aliphatic rings. The van der Waals surface area contributed by atoms with Crippen LogP contribution in [0.25, 0.3) is 0 Å². The number of rotatable bonds is 5. The van der Waals surface area contributed by atoms with Crippen molar-refractivity contribution >= 4 is 37.3 Å². The quantitative estimate of drug-likeness (QED) is 0.897. The van der Waals surface area contributed by atoms with Crippen LogP contribution in [0.15, 0.2) is 33.2 Å². The molecule has 1 N–H and O–H groups in total. The third kappa shape index (κ3) is 3.19. The van der Waals surface area contributed by atoms with Crippen LogP contribution in [0, 0.1) is 6.92 Å². The van der Waals surface area contributed by atoms with Crippen LogP contribution in [-0.2, 0) is 16.6 Å². The summed E-state index contributed by atoms with van der Waals surface area (Å²) in [5, 5.41) is 4.01. The number of aryl methyl sites for hydroxylation is 1. The maximum absolute atomic E-state index is 12.0. The van der Waals surface area contributed by atoms with Gasteiger partial charge in [-0.25, -0.2) is 13.1 Å². The van der Waals surface area contributed by atoms with Gasteiger partial charge in [-0.1, -0.05) is 0 Å². The van der Waals surface area contributed by atoms with Crippen LogP contribution >= 0.6 is 27.3 Å². The van der Waals surface area contributed by atoms with Gasteiger partial charge in [-0.15, -0.1) is 11.3 Å². The molecular formula is C10H12BrN3O2S2. The Morgan fingerprint density at radius 2 is 2.33 bits per heavy atom. The molecule has 8 heteroatoms. The Labute approximate surface area is 118 Å². The zero-order valence-corrected chi connectivity index (χ0v) is 12.8. The summed E-state index contributed by atoms with van der Waals surface area (Å²) < 4.78 is 29.1. The van der Waals surface area contributed by atoms with Crippen molar-refractivity contribution in [1.29, 1.82) is 0 Å². The fourth-order valence-electron chi connectivity index (χ4n) is 1.50. The number of sulfonamides is 1. The largest absolute Gasteiger partial charge is 0.271 e. The van der Waals surface area contributed by atoms with E-state index in [0.717, 1.165) is 8.66 Å². The molecule has 0 bridgehead atoms. The molecule has 0 radical (unpaired) electrons. The summed E-state index contributed by atoms with van der Waals surface area (Å²) in [7, 11) is -3.43. The van der Waals surface area contributed by atoms with Crippen LogP contribution in [0.4, 0.5) is 0 Å². The zero-order valence-electron chi connectivity index (χ0n) is 9.63. The SMILES string of the molecule is Cc1sc(Br)cc1S(=O)(=O)NCCn1cccn1. The van der Waals surface area contributed by atoms with Gasteiger partial charge >= 0.3 is 0 Å². The topological polar surface area (TPSA) is 64.0 Å². The van der Waals surface area contributed by atoms with Crippen molar-refractivity contribution in [1.82, 2.24) is 14.5 Å². The van der Waals surface area contributed by atoms with E-state index < -0.39 is 10.0 Å². The molecule has 0 atom stereocenters. The van der Waals surface area contributed by atoms with Crippen LogP contribution in [-0.4, -0.2) is 24.7 Å². The van der Waals surface area contributed by atoms with Crippen LogP contribution < -0.4 is 4.72 Å². The number of hydrogen-bond donors (Lipinski definition) is 1. The van der Waals surface area contributed by atoms with Crippen LogP contribution in [0.5, 0.6) is 0 Å². The van der Waals surface area contributed by atoms with Crippen molar-refractivity contribution in [2.75, 3.05) is 6.54 Å². The van der Waals surface area contributed by atoms with Crippen molar-refractivity contribution < 1.29 is 8.42 Å². The maximum atomic E-state index is 12.0. The molecule has 2 rings (SSSR count). The van der Waals surface area contributed by atoms with E-state index in [-0.39, 0.29) is 0 Å². The summed E-state index contributed by atoms with van der Waals surface area (Å²) in [5.74, 6) is 0. The first-order valence-corrected chi connectivity index (χ1v) is 8.31. The lowest BCUT2D eigenvalue weighted by Crippen LogP contribution is -2.27. The summed E-state index contributed by atoms with van der Waals surface area (Å²) in [5.41, 5.74) is 0. The predicted molar refractivity (Wildman–Crippen MR) is 74.2 cm³/mol. The lowest BCUT2D eigenvalue weighted by molar-refractivity contribution is 0.561. The van der Waals surface area contributed by atoms with Crippen LogP contribution in [0.1, 0.15) is 4.88 Å². The average molecular weight is 350 g/mol. The standard InChI is InChI=1S/C10H12BrN3O2S2/c1-8-9(7-10(11)17-8)18(15,16)13-4-6-14-5-2-3-12-14/h2-3,5,7,13H,4,6H2,1H3. The second kappa shape index (κ2) is 5.52. The number of hydrogen-bond acceptors (Lipinski definition) is 4. The molecule has 98 valence electrons. The third-order valence-corrected chi connectivity index (χ3v) is 5.59. The highest BCUT2D eigenvalue weighted by molar-refractivity contribution is 9.11. The van der Waals surface area contributed by atoms with Gasteiger partial charge in [-0.2, -0.15) is 5.10 Å². The second-order valence-electron chi connectivity index (χ2n) is 3.64. The molecule has 0 saturated heterocycles. The Morgan fingerprint density at radius 3 is 2.89 bits per heavy atom. The molecule has 0 saturated carbocycles. The molecule has 0 unspecified atom stereocenters. The Balaban J connectivity index is 2.02. The third-order valence-electron chi connectivity index (χ3n) is 2.32. The molecule has 2 aromatic rings. The van der Waals surface area contributed by atoms with E-state index in [9.17, 15) is 8.42 Å². The van der Waals surface area contributed by atoms with Crippen LogP contribution in [0.3, 0.4) is 0 Å². The van der Waals surface area contributed by atoms with Crippen molar-refractivity contribution in [3.05, 3.63) is 33.2 Å². The van der Waals surface area contributed by atoms with Crippen molar-refractivity contribution in [3.8, 4) is 0 Å². The highest BCUT2D eigenvalue weighted by Gasteiger charge is 2.18. The molecule has 0 aromatic carbocycles. The molecular weight excluding hydrogens is 338 g/mol. The molecule has 2 heterocycles. The Morgan fingerprint density at radius 1 is 1.56 bits per heavy atom. The lowest BCUT2D eigenvalue weighted by atomic mass is 10.5. The number of aromatic nitrogens is 2. The van der Waals surface area contributed by atoms with Crippen molar-refractivity contribution in [3.63, 3.8) is 0 Å². The number of nitrogens with zero attached hydrogens (tertiary/aromatic N) is 2. The Kier molecular flexibility index (Phi) is 4.21. The first-order valence-electron chi connectivity index (χ1n) is 5.22. The monoisotopic (exact) mass is 349 g/mol. The van der Waals surface area contributed by atoms with E-state index in [4.69, 9.17) is 0 Å². The first kappa shape index (κ1) is 13.7. The first-order chi connectivity index (χ1) is 8.49. The van der Waals surface area contributed by atoms with Gasteiger partial charge in [0.15, 0.2) is 0 Å². The lowest BCUT2D eigenvalue weighted by Gasteiger charge is -2.06. The molecule has 0 aliphatic heterocycles. The van der Waals surface area contributed by atoms with Gasteiger partial charge in [-0.3, -0.25) is 4.68 Å². The second-order valence-corrected chi connectivity index (χ2v) is 8.01. The molecule has 18 heavy (non-hydrogen) atoms. The molecule has 5 nitrogen and oxygen atoms in total. The van der Waals surface area contributed by atoms with Gasteiger partial charge in [0.05, 0.1) is 15.2 Å². The molecule has 0 spiro atoms. The van der Waals surface area contributed by atoms with Gasteiger partial charge in [0.2, 0.25) is 10.0 Å². The molecule has 0 aliphatic carbocycles. The molecule has 0 amide bonds.